The molecule has 5 rings (SSSR count). The van der Waals surface area contributed by atoms with Gasteiger partial charge in [0.25, 0.3) is 5.91 Å². The fraction of sp³-hybridized carbons (Fsp3) is 0.320. The zero-order valence-corrected chi connectivity index (χ0v) is 18.9. The Morgan fingerprint density at radius 2 is 1.85 bits per heavy atom. The van der Waals surface area contributed by atoms with E-state index < -0.39 is 6.10 Å². The lowest BCUT2D eigenvalue weighted by molar-refractivity contribution is -0.142. The number of nitrogens with one attached hydrogen (secondary N) is 1. The van der Waals surface area contributed by atoms with Crippen molar-refractivity contribution in [3.8, 4) is 17.0 Å². The molecule has 9 heteroatoms. The van der Waals surface area contributed by atoms with Gasteiger partial charge in [-0.05, 0) is 19.1 Å². The van der Waals surface area contributed by atoms with Gasteiger partial charge in [0.15, 0.2) is 6.10 Å². The molecule has 9 nitrogen and oxygen atoms in total. The third-order valence-corrected chi connectivity index (χ3v) is 5.91. The van der Waals surface area contributed by atoms with Gasteiger partial charge in [-0.15, -0.1) is 0 Å². The molecule has 2 aromatic carbocycles. The average molecular weight is 463 g/mol. The van der Waals surface area contributed by atoms with Gasteiger partial charge in [-0.25, -0.2) is 0 Å². The van der Waals surface area contributed by atoms with Crippen LogP contribution in [0.5, 0.6) is 5.75 Å². The van der Waals surface area contributed by atoms with Crippen molar-refractivity contribution in [3.05, 3.63) is 60.2 Å². The maximum absolute atomic E-state index is 13.0. The van der Waals surface area contributed by atoms with Crippen LogP contribution in [0.3, 0.4) is 0 Å². The molecule has 176 valence electrons. The second kappa shape index (κ2) is 9.56. The van der Waals surface area contributed by atoms with Crippen molar-refractivity contribution in [1.82, 2.24) is 10.1 Å². The lowest BCUT2D eigenvalue weighted by Crippen LogP contribution is -2.53. The number of morpholine rings is 1. The summed E-state index contributed by atoms with van der Waals surface area (Å²) in [4.78, 5) is 29.5. The topological polar surface area (TPSA) is 97.1 Å². The van der Waals surface area contributed by atoms with Crippen LogP contribution in [-0.2, 0) is 14.3 Å². The fourth-order valence-corrected chi connectivity index (χ4v) is 4.12. The number of hydrogen-bond donors (Lipinski definition) is 1. The molecule has 1 aromatic heterocycles. The molecule has 2 aliphatic heterocycles. The minimum absolute atomic E-state index is 0.0355. The van der Waals surface area contributed by atoms with Crippen molar-refractivity contribution in [2.24, 2.45) is 0 Å². The van der Waals surface area contributed by atoms with E-state index in [1.165, 1.54) is 0 Å². The van der Waals surface area contributed by atoms with E-state index in [1.54, 1.807) is 11.0 Å². The molecule has 2 aliphatic rings. The molecule has 1 N–H and O–H groups in total. The maximum atomic E-state index is 13.0. The van der Waals surface area contributed by atoms with Crippen LogP contribution in [0.25, 0.3) is 11.3 Å². The van der Waals surface area contributed by atoms with Crippen molar-refractivity contribution in [3.63, 3.8) is 0 Å². The van der Waals surface area contributed by atoms with Gasteiger partial charge in [-0.1, -0.05) is 47.1 Å². The van der Waals surface area contributed by atoms with Crippen molar-refractivity contribution >= 4 is 23.4 Å². The number of rotatable bonds is 5. The predicted molar refractivity (Wildman–Crippen MR) is 126 cm³/mol. The van der Waals surface area contributed by atoms with E-state index in [1.807, 2.05) is 60.4 Å². The molecule has 34 heavy (non-hydrogen) atoms. The maximum Gasteiger partial charge on any atom is 0.265 e. The number of anilines is 2. The van der Waals surface area contributed by atoms with Crippen LogP contribution < -0.4 is 15.0 Å². The summed E-state index contributed by atoms with van der Waals surface area (Å²) >= 11 is 0. The van der Waals surface area contributed by atoms with E-state index in [0.717, 1.165) is 16.8 Å². The number of benzene rings is 2. The van der Waals surface area contributed by atoms with Crippen LogP contribution in [0.1, 0.15) is 5.56 Å². The molecule has 0 bridgehead atoms. The van der Waals surface area contributed by atoms with Crippen LogP contribution in [0.2, 0.25) is 0 Å². The highest BCUT2D eigenvalue weighted by molar-refractivity contribution is 5.94. The molecular weight excluding hydrogens is 436 g/mol. The van der Waals surface area contributed by atoms with Gasteiger partial charge in [0, 0.05) is 24.7 Å². The first-order valence-electron chi connectivity index (χ1n) is 11.3. The molecule has 0 aliphatic carbocycles. The minimum Gasteiger partial charge on any atom is -0.477 e. The zero-order chi connectivity index (χ0) is 23.5. The standard InChI is InChI=1S/C25H26N4O5/c1-17-6-8-18(9-7-17)19-14-24(34-27-19)26-23(30)16-29-15-22(25(31)28-10-12-32-13-11-28)33-21-5-3-2-4-20(21)29/h2-9,14,22H,10-13,15-16H2,1H3,(H,26,30)/t22-/m0/s1. The molecule has 3 aromatic rings. The summed E-state index contributed by atoms with van der Waals surface area (Å²) in [5.74, 6) is 0.472. The molecule has 1 saturated heterocycles. The zero-order valence-electron chi connectivity index (χ0n) is 18.9. The first-order chi connectivity index (χ1) is 16.6. The quantitative estimate of drug-likeness (QED) is 0.623. The van der Waals surface area contributed by atoms with Crippen LogP contribution in [0.4, 0.5) is 11.6 Å². The van der Waals surface area contributed by atoms with Gasteiger partial charge in [-0.3, -0.25) is 14.9 Å². The van der Waals surface area contributed by atoms with E-state index in [9.17, 15) is 9.59 Å². The number of nitrogens with zero attached hydrogens (tertiary/aromatic N) is 3. The molecule has 2 amide bonds. The Morgan fingerprint density at radius 1 is 1.09 bits per heavy atom. The Balaban J connectivity index is 1.27. The van der Waals surface area contributed by atoms with E-state index in [2.05, 4.69) is 10.5 Å². The molecule has 0 radical (unpaired) electrons. The normalized spacial score (nSPS) is 17.6. The minimum atomic E-state index is -0.695. The molecule has 0 unspecified atom stereocenters. The lowest BCUT2D eigenvalue weighted by atomic mass is 10.1. The number of carbonyl (C=O) groups is 2. The lowest BCUT2D eigenvalue weighted by Gasteiger charge is -2.37. The van der Waals surface area contributed by atoms with E-state index in [4.69, 9.17) is 14.0 Å². The molecule has 0 spiro atoms. The highest BCUT2D eigenvalue weighted by atomic mass is 16.5. The molecule has 0 saturated carbocycles. The third kappa shape index (κ3) is 4.74. The molecule has 1 fully saturated rings. The van der Waals surface area contributed by atoms with Crippen molar-refractivity contribution < 1.29 is 23.6 Å². The second-order valence-electron chi connectivity index (χ2n) is 8.38. The Bertz CT molecular complexity index is 1170. The highest BCUT2D eigenvalue weighted by Crippen LogP contribution is 2.33. The number of carbonyl (C=O) groups excluding carboxylic acids is 2. The summed E-state index contributed by atoms with van der Waals surface area (Å²) in [5.41, 5.74) is 3.46. The van der Waals surface area contributed by atoms with Crippen LogP contribution in [0, 0.1) is 6.92 Å². The smallest absolute Gasteiger partial charge is 0.265 e. The number of aromatic nitrogens is 1. The molecule has 3 heterocycles. The van der Waals surface area contributed by atoms with Crippen LogP contribution in [-0.4, -0.2) is 67.4 Å². The second-order valence-corrected chi connectivity index (χ2v) is 8.38. The number of fused-ring (bicyclic) bond motifs is 1. The average Bonchev–Trinajstić information content (AvgIpc) is 3.32. The largest absolute Gasteiger partial charge is 0.477 e. The summed E-state index contributed by atoms with van der Waals surface area (Å²) in [7, 11) is 0. The van der Waals surface area contributed by atoms with Crippen LogP contribution >= 0.6 is 0 Å². The first kappa shape index (κ1) is 22.0. The van der Waals surface area contributed by atoms with E-state index >= 15 is 0 Å². The summed E-state index contributed by atoms with van der Waals surface area (Å²) in [6.07, 6.45) is -0.695. The van der Waals surface area contributed by atoms with E-state index in [-0.39, 0.29) is 30.8 Å². The summed E-state index contributed by atoms with van der Waals surface area (Å²) < 4.78 is 16.7. The SMILES string of the molecule is Cc1ccc(-c2cc(NC(=O)CN3C[C@@H](C(=O)N4CCOCC4)Oc4ccccc43)on2)cc1. The monoisotopic (exact) mass is 462 g/mol. The Labute approximate surface area is 197 Å². The van der Waals surface area contributed by atoms with Gasteiger partial charge in [0.05, 0.1) is 32.0 Å². The predicted octanol–water partition coefficient (Wildman–Crippen LogP) is 2.71. The third-order valence-electron chi connectivity index (χ3n) is 5.91. The summed E-state index contributed by atoms with van der Waals surface area (Å²) in [5, 5.41) is 6.82. The Kier molecular flexibility index (Phi) is 6.18. The number of para-hydroxylation sites is 2. The number of hydrogen-bond acceptors (Lipinski definition) is 7. The summed E-state index contributed by atoms with van der Waals surface area (Å²) in [6, 6.07) is 17.0. The van der Waals surface area contributed by atoms with Gasteiger partial charge in [-0.2, -0.15) is 0 Å². The molecular formula is C25H26N4O5. The number of ether oxygens (including phenoxy) is 2. The Hall–Kier alpha value is -3.85. The van der Waals surface area contributed by atoms with Gasteiger partial charge >= 0.3 is 0 Å². The highest BCUT2D eigenvalue weighted by Gasteiger charge is 2.34. The first-order valence-corrected chi connectivity index (χ1v) is 11.3. The van der Waals surface area contributed by atoms with Gasteiger partial charge < -0.3 is 23.8 Å². The number of amides is 2. The van der Waals surface area contributed by atoms with Crippen LogP contribution in [0.15, 0.2) is 59.1 Å². The number of aryl methyl sites for hydroxylation is 1. The van der Waals surface area contributed by atoms with Gasteiger partial charge in [0.1, 0.15) is 11.4 Å². The van der Waals surface area contributed by atoms with Crippen molar-refractivity contribution in [1.29, 1.82) is 0 Å². The van der Waals surface area contributed by atoms with E-state index in [0.29, 0.717) is 37.7 Å². The van der Waals surface area contributed by atoms with Gasteiger partial charge in [0.2, 0.25) is 11.8 Å². The Morgan fingerprint density at radius 3 is 2.65 bits per heavy atom. The fourth-order valence-electron chi connectivity index (χ4n) is 4.12. The van der Waals surface area contributed by atoms with Crippen molar-refractivity contribution in [2.75, 3.05) is 49.6 Å². The molecule has 1 atom stereocenters. The van der Waals surface area contributed by atoms with Crippen molar-refractivity contribution in [2.45, 2.75) is 13.0 Å². The summed E-state index contributed by atoms with van der Waals surface area (Å²) in [6.45, 7) is 4.43.